The van der Waals surface area contributed by atoms with Gasteiger partial charge in [0.15, 0.2) is 26.1 Å². The molecule has 2 aromatic carbocycles. The van der Waals surface area contributed by atoms with Crippen LogP contribution in [0, 0.1) is 0 Å². The van der Waals surface area contributed by atoms with Crippen LogP contribution in [0.2, 0.25) is 0 Å². The van der Waals surface area contributed by atoms with Crippen LogP contribution in [0.25, 0.3) is 30.6 Å². The van der Waals surface area contributed by atoms with Crippen molar-refractivity contribution < 1.29 is 9.47 Å². The first-order valence-corrected chi connectivity index (χ1v) is 11.9. The fourth-order valence-electron chi connectivity index (χ4n) is 2.89. The Balaban J connectivity index is 1.54. The van der Waals surface area contributed by atoms with Crippen molar-refractivity contribution in [3.05, 3.63) is 24.3 Å². The van der Waals surface area contributed by atoms with Gasteiger partial charge in [0, 0.05) is 12.1 Å². The number of thioether (sulfide) groups is 1. The number of nitrogens with zero attached hydrogens (tertiary/aromatic N) is 3. The molecule has 3 aromatic heterocycles. The molecule has 0 spiro atoms. The van der Waals surface area contributed by atoms with E-state index in [1.165, 1.54) is 4.70 Å². The van der Waals surface area contributed by atoms with E-state index in [0.29, 0.717) is 11.5 Å². The van der Waals surface area contributed by atoms with Gasteiger partial charge in [0.05, 0.1) is 44.9 Å². The Bertz CT molecular complexity index is 1280. The van der Waals surface area contributed by atoms with Crippen LogP contribution in [0.1, 0.15) is 0 Å². The number of thiazole rings is 3. The molecule has 10 heteroatoms. The molecule has 0 bridgehead atoms. The molecule has 0 saturated heterocycles. The SMILES string of the molecule is COc1cc2nc(Nc3nc4ccc5nc(SC)sc5c4s3)sc2cc1OC. The zero-order chi connectivity index (χ0) is 19.3. The molecule has 0 unspecified atom stereocenters. The molecular weight excluding hydrogens is 432 g/mol. The number of benzene rings is 2. The van der Waals surface area contributed by atoms with Crippen molar-refractivity contribution >= 4 is 86.7 Å². The van der Waals surface area contributed by atoms with Gasteiger partial charge in [-0.3, -0.25) is 0 Å². The van der Waals surface area contributed by atoms with Gasteiger partial charge in [0.2, 0.25) is 0 Å². The number of anilines is 2. The smallest absolute Gasteiger partial charge is 0.190 e. The Labute approximate surface area is 176 Å². The topological polar surface area (TPSA) is 69.2 Å². The third-order valence-electron chi connectivity index (χ3n) is 4.17. The summed E-state index contributed by atoms with van der Waals surface area (Å²) in [6.07, 6.45) is 2.05. The average Bonchev–Trinajstić information content (AvgIpc) is 3.41. The van der Waals surface area contributed by atoms with E-state index in [4.69, 9.17) is 14.5 Å². The Hall–Kier alpha value is -2.14. The highest BCUT2D eigenvalue weighted by atomic mass is 32.2. The summed E-state index contributed by atoms with van der Waals surface area (Å²) in [5.41, 5.74) is 2.86. The maximum Gasteiger partial charge on any atom is 0.190 e. The van der Waals surface area contributed by atoms with Crippen molar-refractivity contribution in [3.8, 4) is 11.5 Å². The highest BCUT2D eigenvalue weighted by Crippen LogP contribution is 2.40. The van der Waals surface area contributed by atoms with E-state index < -0.39 is 0 Å². The van der Waals surface area contributed by atoms with Crippen molar-refractivity contribution in [1.82, 2.24) is 15.0 Å². The zero-order valence-corrected chi connectivity index (χ0v) is 18.4. The number of aromatic nitrogens is 3. The van der Waals surface area contributed by atoms with Gasteiger partial charge in [-0.15, -0.1) is 11.3 Å². The highest BCUT2D eigenvalue weighted by molar-refractivity contribution is 8.00. The van der Waals surface area contributed by atoms with Gasteiger partial charge in [-0.05, 0) is 18.4 Å². The lowest BCUT2D eigenvalue weighted by Crippen LogP contribution is -1.90. The molecule has 5 rings (SSSR count). The van der Waals surface area contributed by atoms with Crippen LogP contribution in [0.15, 0.2) is 28.6 Å². The van der Waals surface area contributed by atoms with Crippen LogP contribution in [-0.4, -0.2) is 35.4 Å². The number of nitrogens with one attached hydrogen (secondary N) is 1. The fraction of sp³-hybridized carbons (Fsp3) is 0.167. The minimum absolute atomic E-state index is 0.670. The summed E-state index contributed by atoms with van der Waals surface area (Å²) in [4.78, 5) is 14.0. The van der Waals surface area contributed by atoms with E-state index in [-0.39, 0.29) is 0 Å². The van der Waals surface area contributed by atoms with Crippen LogP contribution < -0.4 is 14.8 Å². The van der Waals surface area contributed by atoms with E-state index in [1.807, 2.05) is 30.5 Å². The van der Waals surface area contributed by atoms with Gasteiger partial charge in [-0.25, -0.2) is 15.0 Å². The van der Waals surface area contributed by atoms with Crippen LogP contribution in [-0.2, 0) is 0 Å². The standard InChI is InChI=1S/C18H14N4O2S4/c1-23-11-6-10-13(7-12(11)24-2)26-16(20-10)22-17-19-8-4-5-9-15(14(8)27-17)28-18(21-9)25-3/h4-7H,1-3H3,(H,19,20,22). The van der Waals surface area contributed by atoms with E-state index in [1.54, 1.807) is 60.0 Å². The number of hydrogen-bond donors (Lipinski definition) is 1. The predicted octanol–water partition coefficient (Wildman–Crippen LogP) is 6.00. The van der Waals surface area contributed by atoms with Crippen molar-refractivity contribution in [1.29, 1.82) is 0 Å². The van der Waals surface area contributed by atoms with E-state index >= 15 is 0 Å². The number of rotatable bonds is 5. The van der Waals surface area contributed by atoms with Crippen LogP contribution in [0.3, 0.4) is 0 Å². The Kier molecular flexibility index (Phi) is 4.50. The Morgan fingerprint density at radius 2 is 1.46 bits per heavy atom. The molecule has 0 aliphatic heterocycles. The first-order chi connectivity index (χ1) is 13.7. The summed E-state index contributed by atoms with van der Waals surface area (Å²) in [7, 11) is 3.26. The maximum absolute atomic E-state index is 5.38. The lowest BCUT2D eigenvalue weighted by atomic mass is 10.3. The third-order valence-corrected chi connectivity index (χ3v) is 8.32. The van der Waals surface area contributed by atoms with E-state index in [0.717, 1.165) is 40.6 Å². The van der Waals surface area contributed by atoms with Crippen molar-refractivity contribution in [2.24, 2.45) is 0 Å². The second kappa shape index (κ2) is 7.03. The predicted molar refractivity (Wildman–Crippen MR) is 121 cm³/mol. The molecule has 5 aromatic rings. The zero-order valence-electron chi connectivity index (χ0n) is 15.1. The van der Waals surface area contributed by atoms with E-state index in [9.17, 15) is 0 Å². The lowest BCUT2D eigenvalue weighted by Gasteiger charge is -2.05. The molecule has 0 amide bonds. The van der Waals surface area contributed by atoms with E-state index in [2.05, 4.69) is 15.3 Å². The van der Waals surface area contributed by atoms with Crippen LogP contribution in [0.4, 0.5) is 10.3 Å². The van der Waals surface area contributed by atoms with Gasteiger partial charge < -0.3 is 14.8 Å². The molecule has 28 heavy (non-hydrogen) atoms. The summed E-state index contributed by atoms with van der Waals surface area (Å²) in [6.45, 7) is 0. The van der Waals surface area contributed by atoms with Crippen molar-refractivity contribution in [2.75, 3.05) is 25.8 Å². The van der Waals surface area contributed by atoms with Crippen molar-refractivity contribution in [3.63, 3.8) is 0 Å². The summed E-state index contributed by atoms with van der Waals surface area (Å²) in [6, 6.07) is 7.89. The summed E-state index contributed by atoms with van der Waals surface area (Å²) in [5, 5.41) is 4.96. The second-order valence-electron chi connectivity index (χ2n) is 5.78. The molecule has 1 N–H and O–H groups in total. The molecule has 0 aliphatic rings. The fourth-order valence-corrected chi connectivity index (χ4v) is 6.49. The van der Waals surface area contributed by atoms with Crippen molar-refractivity contribution in [2.45, 2.75) is 4.34 Å². The molecule has 0 saturated carbocycles. The normalized spacial score (nSPS) is 11.5. The molecule has 0 atom stereocenters. The summed E-state index contributed by atoms with van der Waals surface area (Å²) >= 11 is 6.56. The monoisotopic (exact) mass is 446 g/mol. The molecule has 3 heterocycles. The summed E-state index contributed by atoms with van der Waals surface area (Å²) in [5.74, 6) is 1.37. The quantitative estimate of drug-likeness (QED) is 0.332. The number of hydrogen-bond acceptors (Lipinski definition) is 10. The third kappa shape index (κ3) is 2.96. The molecular formula is C18H14N4O2S4. The van der Waals surface area contributed by atoms with Gasteiger partial charge in [-0.1, -0.05) is 34.4 Å². The minimum atomic E-state index is 0.670. The van der Waals surface area contributed by atoms with Gasteiger partial charge in [0.25, 0.3) is 0 Å². The van der Waals surface area contributed by atoms with Gasteiger partial charge in [-0.2, -0.15) is 0 Å². The largest absolute Gasteiger partial charge is 0.493 e. The molecule has 0 aliphatic carbocycles. The number of ether oxygens (including phenoxy) is 2. The van der Waals surface area contributed by atoms with Crippen LogP contribution in [0.5, 0.6) is 11.5 Å². The van der Waals surface area contributed by atoms with Gasteiger partial charge in [0.1, 0.15) is 0 Å². The van der Waals surface area contributed by atoms with Gasteiger partial charge >= 0.3 is 0 Å². The minimum Gasteiger partial charge on any atom is -0.493 e. The highest BCUT2D eigenvalue weighted by Gasteiger charge is 2.14. The number of methoxy groups -OCH3 is 2. The average molecular weight is 447 g/mol. The molecule has 0 radical (unpaired) electrons. The first-order valence-electron chi connectivity index (χ1n) is 8.22. The Morgan fingerprint density at radius 1 is 0.821 bits per heavy atom. The molecule has 0 fully saturated rings. The molecule has 142 valence electrons. The summed E-state index contributed by atoms with van der Waals surface area (Å²) < 4.78 is 15.2. The maximum atomic E-state index is 5.38. The van der Waals surface area contributed by atoms with Crippen LogP contribution >= 0.6 is 45.8 Å². The Morgan fingerprint density at radius 3 is 2.21 bits per heavy atom. The lowest BCUT2D eigenvalue weighted by molar-refractivity contribution is 0.356. The first kappa shape index (κ1) is 17.9. The second-order valence-corrected chi connectivity index (χ2v) is 9.87. The number of fused-ring (bicyclic) bond motifs is 4. The molecule has 6 nitrogen and oxygen atoms in total.